The van der Waals surface area contributed by atoms with Crippen molar-refractivity contribution in [2.45, 2.75) is 70.0 Å². The number of methoxy groups -OCH3 is 2. The van der Waals surface area contributed by atoms with Gasteiger partial charge in [-0.2, -0.15) is 0 Å². The summed E-state index contributed by atoms with van der Waals surface area (Å²) in [5, 5.41) is 3.09. The number of hydrogen-bond donors (Lipinski definition) is 1. The Morgan fingerprint density at radius 3 is 2.26 bits per heavy atom. The minimum atomic E-state index is -4.21. The molecule has 10 heteroatoms. The molecule has 1 fully saturated rings. The number of benzene rings is 3. The van der Waals surface area contributed by atoms with E-state index < -0.39 is 28.5 Å². The van der Waals surface area contributed by atoms with Gasteiger partial charge in [0.25, 0.3) is 10.0 Å². The van der Waals surface area contributed by atoms with E-state index in [1.165, 1.54) is 24.1 Å². The molecular weight excluding hydrogens is 566 g/mol. The average molecular weight is 608 g/mol. The maximum atomic E-state index is 14.3. The molecule has 0 unspecified atom stereocenters. The fourth-order valence-electron chi connectivity index (χ4n) is 5.29. The largest absolute Gasteiger partial charge is 0.497 e. The highest BCUT2D eigenvalue weighted by atomic mass is 32.2. The van der Waals surface area contributed by atoms with Crippen LogP contribution in [0.25, 0.3) is 0 Å². The van der Waals surface area contributed by atoms with Crippen LogP contribution in [0.15, 0.2) is 71.6 Å². The molecule has 1 saturated carbocycles. The lowest BCUT2D eigenvalue weighted by Gasteiger charge is -2.33. The standard InChI is InChI=1S/C33H41N3O6S/c1-23-13-16-29(17-14-23)43(39,40)36(30-19-24(2)15-18-31(30)42-5)22-32(37)35(21-26-9-8-12-28(20-26)41-4)25(3)33(38)34-27-10-6-7-11-27/h8-9,12-20,25,27H,6-7,10-11,21-22H2,1-5H3,(H,34,38)/t25-/m0/s1. The number of nitrogens with zero attached hydrogens (tertiary/aromatic N) is 2. The minimum absolute atomic E-state index is 0.0424. The summed E-state index contributed by atoms with van der Waals surface area (Å²) >= 11 is 0. The molecule has 0 bridgehead atoms. The zero-order valence-electron chi connectivity index (χ0n) is 25.5. The molecule has 3 aromatic carbocycles. The van der Waals surface area contributed by atoms with E-state index in [1.54, 1.807) is 50.4 Å². The first kappa shape index (κ1) is 31.9. The Morgan fingerprint density at radius 1 is 0.930 bits per heavy atom. The van der Waals surface area contributed by atoms with Crippen LogP contribution >= 0.6 is 0 Å². The SMILES string of the molecule is COc1cccc(CN(C(=O)CN(c2cc(C)ccc2OC)S(=O)(=O)c2ccc(C)cc2)[C@@H](C)C(=O)NC2CCCC2)c1. The third-order valence-corrected chi connectivity index (χ3v) is 9.62. The lowest BCUT2D eigenvalue weighted by Crippen LogP contribution is -2.52. The molecule has 1 N–H and O–H groups in total. The summed E-state index contributed by atoms with van der Waals surface area (Å²) in [6, 6.07) is 18.1. The van der Waals surface area contributed by atoms with Crippen molar-refractivity contribution in [1.29, 1.82) is 0 Å². The van der Waals surface area contributed by atoms with Crippen molar-refractivity contribution in [3.8, 4) is 11.5 Å². The average Bonchev–Trinajstić information content (AvgIpc) is 3.51. The lowest BCUT2D eigenvalue weighted by molar-refractivity contribution is -0.139. The monoisotopic (exact) mass is 607 g/mol. The highest BCUT2D eigenvalue weighted by Crippen LogP contribution is 2.34. The first-order valence-corrected chi connectivity index (χ1v) is 15.9. The third kappa shape index (κ3) is 7.67. The molecule has 230 valence electrons. The van der Waals surface area contributed by atoms with Gasteiger partial charge >= 0.3 is 0 Å². The van der Waals surface area contributed by atoms with Gasteiger partial charge in [0.05, 0.1) is 24.8 Å². The van der Waals surface area contributed by atoms with Crippen molar-refractivity contribution in [2.75, 3.05) is 25.1 Å². The van der Waals surface area contributed by atoms with Crippen LogP contribution in [0, 0.1) is 13.8 Å². The second-order valence-corrected chi connectivity index (χ2v) is 12.9. The van der Waals surface area contributed by atoms with Gasteiger partial charge in [0.1, 0.15) is 24.1 Å². The molecule has 0 aromatic heterocycles. The Hall–Kier alpha value is -4.05. The van der Waals surface area contributed by atoms with Crippen molar-refractivity contribution in [3.63, 3.8) is 0 Å². The Morgan fingerprint density at radius 2 is 1.60 bits per heavy atom. The Labute approximate surface area is 254 Å². The maximum Gasteiger partial charge on any atom is 0.264 e. The van der Waals surface area contributed by atoms with Gasteiger partial charge in [-0.1, -0.05) is 48.7 Å². The molecule has 0 saturated heterocycles. The zero-order chi connectivity index (χ0) is 31.1. The molecule has 0 aliphatic heterocycles. The van der Waals surface area contributed by atoms with Crippen molar-refractivity contribution in [2.24, 2.45) is 0 Å². The lowest BCUT2D eigenvalue weighted by atomic mass is 10.1. The smallest absolute Gasteiger partial charge is 0.264 e. The summed E-state index contributed by atoms with van der Waals surface area (Å²) in [6.07, 6.45) is 3.90. The second-order valence-electron chi connectivity index (χ2n) is 11.0. The molecule has 2 amide bonds. The van der Waals surface area contributed by atoms with Crippen molar-refractivity contribution >= 4 is 27.5 Å². The van der Waals surface area contributed by atoms with Gasteiger partial charge in [0.2, 0.25) is 11.8 Å². The molecule has 3 aromatic rings. The highest BCUT2D eigenvalue weighted by molar-refractivity contribution is 7.92. The molecule has 43 heavy (non-hydrogen) atoms. The molecule has 1 aliphatic rings. The number of carbonyl (C=O) groups excluding carboxylic acids is 2. The normalized spacial score (nSPS) is 14.2. The summed E-state index contributed by atoms with van der Waals surface area (Å²) in [7, 11) is -1.20. The van der Waals surface area contributed by atoms with Gasteiger partial charge in [0.15, 0.2) is 0 Å². The third-order valence-electron chi connectivity index (χ3n) is 7.85. The van der Waals surface area contributed by atoms with Crippen molar-refractivity contribution in [3.05, 3.63) is 83.4 Å². The zero-order valence-corrected chi connectivity index (χ0v) is 26.3. The molecule has 1 aliphatic carbocycles. The summed E-state index contributed by atoms with van der Waals surface area (Å²) < 4.78 is 40.3. The Bertz CT molecular complexity index is 1530. The number of aryl methyl sites for hydroxylation is 2. The summed E-state index contributed by atoms with van der Waals surface area (Å²) in [5.74, 6) is 0.113. The predicted octanol–water partition coefficient (Wildman–Crippen LogP) is 4.99. The van der Waals surface area contributed by atoms with Gasteiger partial charge < -0.3 is 19.7 Å². The van der Waals surface area contributed by atoms with Crippen LogP contribution in [0.2, 0.25) is 0 Å². The number of carbonyl (C=O) groups is 2. The van der Waals surface area contributed by atoms with Gasteiger partial charge in [-0.3, -0.25) is 13.9 Å². The summed E-state index contributed by atoms with van der Waals surface area (Å²) in [5.41, 5.74) is 2.68. The van der Waals surface area contributed by atoms with E-state index in [0.29, 0.717) is 11.5 Å². The maximum absolute atomic E-state index is 14.3. The quantitative estimate of drug-likeness (QED) is 0.311. The molecule has 0 spiro atoms. The number of amides is 2. The summed E-state index contributed by atoms with van der Waals surface area (Å²) in [6.45, 7) is 4.93. The van der Waals surface area contributed by atoms with Crippen molar-refractivity contribution in [1.82, 2.24) is 10.2 Å². The van der Waals surface area contributed by atoms with E-state index in [1.807, 2.05) is 32.0 Å². The van der Waals surface area contributed by atoms with Gasteiger partial charge in [-0.05, 0) is 81.1 Å². The molecule has 4 rings (SSSR count). The number of nitrogens with one attached hydrogen (secondary N) is 1. The summed E-state index contributed by atoms with van der Waals surface area (Å²) in [4.78, 5) is 29.2. The van der Waals surface area contributed by atoms with Crippen LogP contribution in [0.4, 0.5) is 5.69 Å². The van der Waals surface area contributed by atoms with Gasteiger partial charge in [-0.15, -0.1) is 0 Å². The number of rotatable bonds is 12. The Balaban J connectivity index is 1.74. The van der Waals surface area contributed by atoms with Gasteiger partial charge in [-0.25, -0.2) is 8.42 Å². The fourth-order valence-corrected chi connectivity index (χ4v) is 6.70. The van der Waals surface area contributed by atoms with Crippen LogP contribution in [0.1, 0.15) is 49.3 Å². The van der Waals surface area contributed by atoms with E-state index in [0.717, 1.165) is 46.7 Å². The van der Waals surface area contributed by atoms with Crippen molar-refractivity contribution < 1.29 is 27.5 Å². The minimum Gasteiger partial charge on any atom is -0.497 e. The number of hydrogen-bond acceptors (Lipinski definition) is 6. The predicted molar refractivity (Wildman–Crippen MR) is 167 cm³/mol. The van der Waals surface area contributed by atoms with E-state index in [4.69, 9.17) is 9.47 Å². The van der Waals surface area contributed by atoms with E-state index in [-0.39, 0.29) is 29.1 Å². The van der Waals surface area contributed by atoms with Crippen LogP contribution in [-0.4, -0.2) is 58.0 Å². The van der Waals surface area contributed by atoms with Gasteiger partial charge in [0, 0.05) is 12.6 Å². The van der Waals surface area contributed by atoms with Crippen LogP contribution in [0.3, 0.4) is 0 Å². The second kappa shape index (κ2) is 13.9. The van der Waals surface area contributed by atoms with Crippen LogP contribution in [0.5, 0.6) is 11.5 Å². The fraction of sp³-hybridized carbons (Fsp3) is 0.394. The number of sulfonamides is 1. The topological polar surface area (TPSA) is 105 Å². The molecule has 9 nitrogen and oxygen atoms in total. The van der Waals surface area contributed by atoms with E-state index in [2.05, 4.69) is 5.32 Å². The number of anilines is 1. The number of ether oxygens (including phenoxy) is 2. The van der Waals surface area contributed by atoms with E-state index >= 15 is 0 Å². The van der Waals surface area contributed by atoms with Crippen LogP contribution in [-0.2, 0) is 26.2 Å². The molecule has 1 atom stereocenters. The Kier molecular flexibility index (Phi) is 10.3. The first-order valence-electron chi connectivity index (χ1n) is 14.5. The molecule has 0 heterocycles. The highest BCUT2D eigenvalue weighted by Gasteiger charge is 2.34. The van der Waals surface area contributed by atoms with E-state index in [9.17, 15) is 18.0 Å². The molecule has 0 radical (unpaired) electrons. The molecular formula is C33H41N3O6S. The first-order chi connectivity index (χ1) is 20.5. The van der Waals surface area contributed by atoms with Crippen LogP contribution < -0.4 is 19.1 Å².